The summed E-state index contributed by atoms with van der Waals surface area (Å²) < 4.78 is 9.89. The molecule has 0 spiro atoms. The molecule has 1 N–H and O–H groups in total. The zero-order valence-electron chi connectivity index (χ0n) is 18.9. The van der Waals surface area contributed by atoms with Crippen molar-refractivity contribution in [3.63, 3.8) is 0 Å². The first-order valence-electron chi connectivity index (χ1n) is 11.1. The number of benzene rings is 1. The van der Waals surface area contributed by atoms with Crippen LogP contribution in [0.3, 0.4) is 0 Å². The molecule has 0 radical (unpaired) electrons. The minimum absolute atomic E-state index is 0.785. The van der Waals surface area contributed by atoms with Gasteiger partial charge in [0.25, 0.3) is 0 Å². The number of hydrogen-bond donors (Lipinski definition) is 1. The molecule has 3 heterocycles. The normalized spacial score (nSPS) is 11.2. The Labute approximate surface area is 183 Å². The Kier molecular flexibility index (Phi) is 6.26. The van der Waals surface area contributed by atoms with Crippen LogP contribution in [0.1, 0.15) is 50.2 Å². The summed E-state index contributed by atoms with van der Waals surface area (Å²) in [5.74, 6) is 0.785. The Morgan fingerprint density at radius 1 is 1.10 bits per heavy atom. The Bertz CT molecular complexity index is 1170. The van der Waals surface area contributed by atoms with Crippen LogP contribution < -0.4 is 10.1 Å². The second kappa shape index (κ2) is 9.25. The molecule has 0 aliphatic rings. The second-order valence-electron chi connectivity index (χ2n) is 7.91. The van der Waals surface area contributed by atoms with Gasteiger partial charge in [0, 0.05) is 29.8 Å². The number of nitrogens with zero attached hydrogens (tertiary/aromatic N) is 4. The Balaban J connectivity index is 1.69. The van der Waals surface area contributed by atoms with Gasteiger partial charge in [-0.05, 0) is 50.5 Å². The van der Waals surface area contributed by atoms with Crippen LogP contribution >= 0.6 is 0 Å². The predicted octanol–water partition coefficient (Wildman–Crippen LogP) is 5.88. The smallest absolute Gasteiger partial charge is 0.161 e. The maximum Gasteiger partial charge on any atom is 0.161 e. The number of aromatic nitrogens is 4. The number of anilines is 2. The number of rotatable bonds is 9. The number of pyridine rings is 1. The summed E-state index contributed by atoms with van der Waals surface area (Å²) >= 11 is 0. The summed E-state index contributed by atoms with van der Waals surface area (Å²) in [6.45, 7) is 6.43. The van der Waals surface area contributed by atoms with E-state index in [9.17, 15) is 0 Å². The first kappa shape index (κ1) is 21.0. The fraction of sp³-hybridized carbons (Fsp3) is 0.360. The van der Waals surface area contributed by atoms with E-state index in [0.717, 1.165) is 59.8 Å². The van der Waals surface area contributed by atoms with Crippen LogP contribution in [0.2, 0.25) is 0 Å². The lowest BCUT2D eigenvalue weighted by atomic mass is 10.1. The van der Waals surface area contributed by atoms with Gasteiger partial charge in [0.15, 0.2) is 5.65 Å². The summed E-state index contributed by atoms with van der Waals surface area (Å²) in [5, 5.41) is 3.56. The topological polar surface area (TPSA) is 56.4 Å². The van der Waals surface area contributed by atoms with E-state index < -0.39 is 0 Å². The Morgan fingerprint density at radius 2 is 1.97 bits per heavy atom. The van der Waals surface area contributed by atoms with Crippen molar-refractivity contribution < 1.29 is 4.74 Å². The van der Waals surface area contributed by atoms with Crippen LogP contribution in [0.4, 0.5) is 11.4 Å². The van der Waals surface area contributed by atoms with Gasteiger partial charge in [0.2, 0.25) is 0 Å². The van der Waals surface area contributed by atoms with Crippen LogP contribution in [0.25, 0.3) is 11.3 Å². The maximum atomic E-state index is 5.66. The second-order valence-corrected chi connectivity index (χ2v) is 7.91. The van der Waals surface area contributed by atoms with Gasteiger partial charge in [-0.1, -0.05) is 26.7 Å². The highest BCUT2D eigenvalue weighted by Gasteiger charge is 2.15. The van der Waals surface area contributed by atoms with Crippen LogP contribution in [-0.4, -0.2) is 26.0 Å². The summed E-state index contributed by atoms with van der Waals surface area (Å²) in [5.41, 5.74) is 7.41. The molecule has 0 atom stereocenters. The lowest BCUT2D eigenvalue weighted by molar-refractivity contribution is 0.413. The highest BCUT2D eigenvalue weighted by Crippen LogP contribution is 2.30. The Hall–Kier alpha value is -3.28. The van der Waals surface area contributed by atoms with E-state index in [-0.39, 0.29) is 0 Å². The summed E-state index contributed by atoms with van der Waals surface area (Å²) in [6, 6.07) is 10.3. The predicted molar refractivity (Wildman–Crippen MR) is 126 cm³/mol. The van der Waals surface area contributed by atoms with Crippen molar-refractivity contribution >= 4 is 17.0 Å². The van der Waals surface area contributed by atoms with E-state index in [2.05, 4.69) is 52.9 Å². The summed E-state index contributed by atoms with van der Waals surface area (Å²) in [4.78, 5) is 9.35. The van der Waals surface area contributed by atoms with Crippen molar-refractivity contribution in [1.82, 2.24) is 18.9 Å². The van der Waals surface area contributed by atoms with Crippen LogP contribution in [0, 0.1) is 6.92 Å². The quantitative estimate of drug-likeness (QED) is 0.370. The van der Waals surface area contributed by atoms with Crippen molar-refractivity contribution in [2.24, 2.45) is 0 Å². The zero-order chi connectivity index (χ0) is 21.8. The molecule has 162 valence electrons. The number of hydrogen-bond acceptors (Lipinski definition) is 4. The monoisotopic (exact) mass is 417 g/mol. The molecule has 0 bridgehead atoms. The lowest BCUT2D eigenvalue weighted by Gasteiger charge is -2.13. The van der Waals surface area contributed by atoms with E-state index in [0.29, 0.717) is 0 Å². The fourth-order valence-corrected chi connectivity index (χ4v) is 3.98. The first-order valence-corrected chi connectivity index (χ1v) is 11.1. The number of unbranched alkanes of at least 4 members (excludes halogenated alkanes) is 1. The molecule has 31 heavy (non-hydrogen) atoms. The molecule has 4 aromatic rings. The molecule has 1 aromatic carbocycles. The highest BCUT2D eigenvalue weighted by atomic mass is 16.5. The minimum Gasteiger partial charge on any atom is -0.494 e. The third-order valence-corrected chi connectivity index (χ3v) is 5.53. The van der Waals surface area contributed by atoms with Gasteiger partial charge in [-0.3, -0.25) is 0 Å². The first-order chi connectivity index (χ1) is 15.1. The molecule has 0 aliphatic heterocycles. The van der Waals surface area contributed by atoms with Gasteiger partial charge in [-0.15, -0.1) is 0 Å². The van der Waals surface area contributed by atoms with Crippen molar-refractivity contribution in [2.45, 2.75) is 52.9 Å². The number of ether oxygens (including phenoxy) is 1. The third-order valence-electron chi connectivity index (χ3n) is 5.53. The summed E-state index contributed by atoms with van der Waals surface area (Å²) in [7, 11) is 1.69. The molecular formula is C25H31N5O. The minimum atomic E-state index is 0.785. The van der Waals surface area contributed by atoms with Gasteiger partial charge in [-0.2, -0.15) is 0 Å². The molecule has 6 nitrogen and oxygen atoms in total. The van der Waals surface area contributed by atoms with Crippen LogP contribution in [0.5, 0.6) is 5.75 Å². The molecule has 4 rings (SSSR count). The number of fused-ring (bicyclic) bond motifs is 1. The van der Waals surface area contributed by atoms with E-state index >= 15 is 0 Å². The molecule has 3 aromatic heterocycles. The van der Waals surface area contributed by atoms with Crippen molar-refractivity contribution in [3.8, 4) is 11.4 Å². The molecular weight excluding hydrogens is 386 g/mol. The average molecular weight is 418 g/mol. The highest BCUT2D eigenvalue weighted by molar-refractivity contribution is 5.75. The van der Waals surface area contributed by atoms with Gasteiger partial charge >= 0.3 is 0 Å². The molecule has 0 saturated carbocycles. The van der Waals surface area contributed by atoms with E-state index in [1.807, 2.05) is 29.8 Å². The van der Waals surface area contributed by atoms with Gasteiger partial charge in [-0.25, -0.2) is 9.97 Å². The number of imidazole rings is 2. The van der Waals surface area contributed by atoms with Gasteiger partial charge in [0.05, 0.1) is 36.2 Å². The van der Waals surface area contributed by atoms with Crippen LogP contribution in [0.15, 0.2) is 49.1 Å². The molecule has 0 amide bonds. The molecule has 0 unspecified atom stereocenters. The van der Waals surface area contributed by atoms with E-state index in [1.165, 1.54) is 17.8 Å². The standard InChI is InChI=1S/C25H31N5O/c1-5-7-10-20-22(9-6-2)30-14-8-11-21(25(30)28-20)27-19-12-13-23(24(15-19)31-4)29-16-18(3)26-17-29/h8,11-17,27H,5-7,9-10H2,1-4H3. The van der Waals surface area contributed by atoms with Crippen molar-refractivity contribution in [1.29, 1.82) is 0 Å². The fourth-order valence-electron chi connectivity index (χ4n) is 3.98. The zero-order valence-corrected chi connectivity index (χ0v) is 18.9. The molecule has 0 aliphatic carbocycles. The number of nitrogens with one attached hydrogen (secondary N) is 1. The molecule has 0 saturated heterocycles. The lowest BCUT2D eigenvalue weighted by Crippen LogP contribution is -2.00. The van der Waals surface area contributed by atoms with E-state index in [4.69, 9.17) is 9.72 Å². The molecule has 0 fully saturated rings. The molecule has 6 heteroatoms. The third kappa shape index (κ3) is 4.29. The number of methoxy groups -OCH3 is 1. The Morgan fingerprint density at radius 3 is 2.68 bits per heavy atom. The maximum absolute atomic E-state index is 5.66. The van der Waals surface area contributed by atoms with Gasteiger partial charge in [0.1, 0.15) is 5.75 Å². The average Bonchev–Trinajstić information content (AvgIpc) is 3.37. The number of aryl methyl sites for hydroxylation is 3. The largest absolute Gasteiger partial charge is 0.494 e. The van der Waals surface area contributed by atoms with Crippen molar-refractivity contribution in [3.05, 3.63) is 66.1 Å². The van der Waals surface area contributed by atoms with Gasteiger partial charge < -0.3 is 19.0 Å². The SMILES string of the molecule is CCCCc1nc2c(Nc3ccc(-n4cnc(C)c4)c(OC)c3)cccn2c1CCC. The van der Waals surface area contributed by atoms with E-state index in [1.54, 1.807) is 13.4 Å². The summed E-state index contributed by atoms with van der Waals surface area (Å²) in [6.07, 6.45) is 11.4. The van der Waals surface area contributed by atoms with Crippen molar-refractivity contribution in [2.75, 3.05) is 12.4 Å². The van der Waals surface area contributed by atoms with Crippen LogP contribution in [-0.2, 0) is 12.8 Å².